The van der Waals surface area contributed by atoms with Gasteiger partial charge in [-0.25, -0.2) is 4.98 Å². The van der Waals surface area contributed by atoms with Crippen LogP contribution in [0.5, 0.6) is 5.75 Å². The van der Waals surface area contributed by atoms with E-state index in [1.54, 1.807) is 6.20 Å². The number of phenolic OH excluding ortho intramolecular Hbond substituents is 1. The quantitative estimate of drug-likeness (QED) is 0.182. The number of phenols is 1. The van der Waals surface area contributed by atoms with Gasteiger partial charge in [0.05, 0.1) is 22.7 Å². The Morgan fingerprint density at radius 2 is 1.49 bits per heavy atom. The summed E-state index contributed by atoms with van der Waals surface area (Å²) in [6.07, 6.45) is 1.74. The van der Waals surface area contributed by atoms with Gasteiger partial charge in [0.2, 0.25) is 0 Å². The van der Waals surface area contributed by atoms with E-state index >= 15 is 0 Å². The summed E-state index contributed by atoms with van der Waals surface area (Å²) in [6, 6.07) is 35.5. The van der Waals surface area contributed by atoms with Crippen molar-refractivity contribution in [3.63, 3.8) is 0 Å². The van der Waals surface area contributed by atoms with Crippen molar-refractivity contribution in [2.45, 2.75) is 52.4 Å². The Bertz CT molecular complexity index is 2040. The second kappa shape index (κ2) is 12.1. The van der Waals surface area contributed by atoms with E-state index in [2.05, 4.69) is 75.4 Å². The second-order valence-electron chi connectivity index (χ2n) is 13.2. The molecular weight excluding hydrogens is 736 g/mol. The first-order valence-corrected chi connectivity index (χ1v) is 14.8. The van der Waals surface area contributed by atoms with Crippen LogP contribution in [0.4, 0.5) is 0 Å². The second-order valence-corrected chi connectivity index (χ2v) is 13.2. The molecule has 4 aromatic carbocycles. The molecule has 228 valence electrons. The van der Waals surface area contributed by atoms with Crippen LogP contribution in [-0.2, 0) is 31.9 Å². The monoisotopic (exact) mass is 770 g/mol. The molecular formula is C39H35N4OPt-. The number of aromatic nitrogens is 3. The van der Waals surface area contributed by atoms with Crippen molar-refractivity contribution in [2.75, 3.05) is 0 Å². The van der Waals surface area contributed by atoms with Gasteiger partial charge in [-0.15, -0.1) is 23.8 Å². The number of rotatable bonds is 4. The molecule has 6 heteroatoms. The summed E-state index contributed by atoms with van der Waals surface area (Å²) >= 11 is 0. The van der Waals surface area contributed by atoms with Gasteiger partial charge in [-0.3, -0.25) is 9.55 Å². The molecule has 0 unspecified atom stereocenters. The van der Waals surface area contributed by atoms with Crippen LogP contribution >= 0.6 is 0 Å². The summed E-state index contributed by atoms with van der Waals surface area (Å²) in [4.78, 5) is 9.78. The Morgan fingerprint density at radius 3 is 2.13 bits per heavy atom. The molecule has 0 aliphatic heterocycles. The smallest absolute Gasteiger partial charge is 0.148 e. The molecule has 0 atom stereocenters. The maximum atomic E-state index is 11.9. The zero-order valence-electron chi connectivity index (χ0n) is 26.3. The molecule has 0 radical (unpaired) electrons. The predicted octanol–water partition coefficient (Wildman–Crippen LogP) is 9.39. The Balaban J connectivity index is 0.00000400. The molecule has 0 fully saturated rings. The third-order valence-electron chi connectivity index (χ3n) is 7.95. The largest absolute Gasteiger partial charge is 0.507 e. The summed E-state index contributed by atoms with van der Waals surface area (Å²) < 4.78 is 2.11. The van der Waals surface area contributed by atoms with E-state index in [-0.39, 0.29) is 37.6 Å². The van der Waals surface area contributed by atoms with Gasteiger partial charge in [-0.2, -0.15) is 5.26 Å². The Morgan fingerprint density at radius 1 is 0.778 bits per heavy atom. The van der Waals surface area contributed by atoms with Crippen LogP contribution in [-0.4, -0.2) is 19.6 Å². The van der Waals surface area contributed by atoms with E-state index in [4.69, 9.17) is 4.98 Å². The van der Waals surface area contributed by atoms with Crippen LogP contribution in [0, 0.1) is 17.4 Å². The molecule has 0 saturated carbocycles. The number of benzene rings is 4. The molecule has 2 heterocycles. The maximum absolute atomic E-state index is 11.9. The first kappa shape index (κ1) is 31.9. The third-order valence-corrected chi connectivity index (χ3v) is 7.95. The number of hydrogen-bond donors (Lipinski definition) is 1. The van der Waals surface area contributed by atoms with Gasteiger partial charge in [0.25, 0.3) is 0 Å². The molecule has 0 aliphatic carbocycles. The molecule has 5 nitrogen and oxygen atoms in total. The van der Waals surface area contributed by atoms with Crippen LogP contribution in [0.2, 0.25) is 0 Å². The Kier molecular flexibility index (Phi) is 8.58. The van der Waals surface area contributed by atoms with E-state index in [9.17, 15) is 10.4 Å². The maximum Gasteiger partial charge on any atom is 0.148 e. The predicted molar refractivity (Wildman–Crippen MR) is 178 cm³/mol. The molecule has 6 aromatic rings. The van der Waals surface area contributed by atoms with Crippen LogP contribution in [0.25, 0.3) is 50.5 Å². The molecule has 0 aliphatic rings. The molecule has 0 saturated heterocycles. The van der Waals surface area contributed by atoms with Crippen LogP contribution in [0.3, 0.4) is 0 Å². The van der Waals surface area contributed by atoms with Gasteiger partial charge >= 0.3 is 0 Å². The van der Waals surface area contributed by atoms with Gasteiger partial charge in [0.1, 0.15) is 11.6 Å². The van der Waals surface area contributed by atoms with Crippen molar-refractivity contribution in [3.8, 4) is 51.3 Å². The van der Waals surface area contributed by atoms with Crippen LogP contribution < -0.4 is 0 Å². The topological polar surface area (TPSA) is 74.7 Å². The third kappa shape index (κ3) is 6.08. The zero-order valence-corrected chi connectivity index (χ0v) is 28.6. The molecule has 0 spiro atoms. The fourth-order valence-corrected chi connectivity index (χ4v) is 5.58. The summed E-state index contributed by atoms with van der Waals surface area (Å²) in [6.45, 7) is 12.9. The van der Waals surface area contributed by atoms with E-state index in [1.165, 1.54) is 0 Å². The first-order valence-electron chi connectivity index (χ1n) is 14.8. The number of para-hydroxylation sites is 2. The molecule has 0 bridgehead atoms. The number of fused-ring (bicyclic) bond motifs is 1. The number of nitrogens with zero attached hydrogens (tertiary/aromatic N) is 4. The summed E-state index contributed by atoms with van der Waals surface area (Å²) in [5, 5.41) is 21.8. The molecule has 45 heavy (non-hydrogen) atoms. The van der Waals surface area contributed by atoms with Crippen LogP contribution in [0.1, 0.15) is 58.2 Å². The van der Waals surface area contributed by atoms with E-state index < -0.39 is 0 Å². The van der Waals surface area contributed by atoms with Gasteiger partial charge in [-0.05, 0) is 52.3 Å². The number of imidazole rings is 1. The SMILES string of the molecule is CC(C)(C)c1cc(-c2nc3c(-c4[c-]c(-c5ccccn5)cc(C#N)c4)cccc3n2-c2ccccc2)c(O)c(C(C)(C)C)c1.[Pt]. The standard InChI is InChI=1S/C39H35N4O.Pt/c1-38(2,3)28-22-31(36(44)32(23-28)39(4,5)6)37-42-35-30(15-12-17-34(35)43(37)29-13-8-7-9-14-29)26-19-25(24-40)20-27(21-26)33-16-10-11-18-41-33;/h7-20,22-23,44H,1-6H3;/q-1;. The van der Waals surface area contributed by atoms with Crippen molar-refractivity contribution >= 4 is 11.0 Å². The van der Waals surface area contributed by atoms with Crippen LogP contribution in [0.15, 0.2) is 97.2 Å². The average Bonchev–Trinajstić information content (AvgIpc) is 3.40. The minimum atomic E-state index is -0.288. The molecule has 0 amide bonds. The minimum absolute atomic E-state index is 0. The fourth-order valence-electron chi connectivity index (χ4n) is 5.58. The summed E-state index contributed by atoms with van der Waals surface area (Å²) in [7, 11) is 0. The van der Waals surface area contributed by atoms with E-state index in [0.29, 0.717) is 17.0 Å². The van der Waals surface area contributed by atoms with Crippen molar-refractivity contribution in [3.05, 3.63) is 120 Å². The number of nitriles is 1. The van der Waals surface area contributed by atoms with Gasteiger partial charge in [-0.1, -0.05) is 101 Å². The Hall–Kier alpha value is -4.52. The van der Waals surface area contributed by atoms with Gasteiger partial charge in [0, 0.05) is 44.2 Å². The number of pyridine rings is 1. The van der Waals surface area contributed by atoms with E-state index in [1.807, 2.05) is 78.9 Å². The summed E-state index contributed by atoms with van der Waals surface area (Å²) in [5.41, 5.74) is 8.41. The van der Waals surface area contributed by atoms with Crippen molar-refractivity contribution < 1.29 is 26.2 Å². The minimum Gasteiger partial charge on any atom is -0.507 e. The van der Waals surface area contributed by atoms with Gasteiger partial charge in [0.15, 0.2) is 0 Å². The number of hydrogen-bond acceptors (Lipinski definition) is 4. The van der Waals surface area contributed by atoms with Gasteiger partial charge < -0.3 is 5.11 Å². The molecule has 1 N–H and O–H groups in total. The fraction of sp³-hybridized carbons (Fsp3) is 0.205. The molecule has 2 aromatic heterocycles. The number of aromatic hydroxyl groups is 1. The van der Waals surface area contributed by atoms with Crippen molar-refractivity contribution in [1.82, 2.24) is 14.5 Å². The van der Waals surface area contributed by atoms with Crippen molar-refractivity contribution in [1.29, 1.82) is 5.26 Å². The molecule has 6 rings (SSSR count). The first-order chi connectivity index (χ1) is 21.0. The average molecular weight is 771 g/mol. The normalized spacial score (nSPS) is 11.7. The van der Waals surface area contributed by atoms with Crippen molar-refractivity contribution in [2.24, 2.45) is 0 Å². The van der Waals surface area contributed by atoms with E-state index in [0.717, 1.165) is 50.2 Å². The summed E-state index contributed by atoms with van der Waals surface area (Å²) in [5.74, 6) is 0.879. The Labute approximate surface area is 279 Å². The zero-order chi connectivity index (χ0) is 31.2.